The van der Waals surface area contributed by atoms with Crippen LogP contribution < -0.4 is 4.72 Å². The highest BCUT2D eigenvalue weighted by Crippen LogP contribution is 2.55. The van der Waals surface area contributed by atoms with Gasteiger partial charge in [0.15, 0.2) is 0 Å². The lowest BCUT2D eigenvalue weighted by molar-refractivity contribution is -0.162. The van der Waals surface area contributed by atoms with E-state index >= 15 is 0 Å². The van der Waals surface area contributed by atoms with Crippen molar-refractivity contribution in [3.63, 3.8) is 0 Å². The summed E-state index contributed by atoms with van der Waals surface area (Å²) in [5, 5.41) is 11.0. The Kier molecular flexibility index (Phi) is 8.77. The number of aliphatic carboxylic acids is 1. The summed E-state index contributed by atoms with van der Waals surface area (Å²) in [5.41, 5.74) is 0.622. The van der Waals surface area contributed by atoms with E-state index in [1.807, 2.05) is 37.3 Å². The van der Waals surface area contributed by atoms with E-state index in [1.54, 1.807) is 30.0 Å². The van der Waals surface area contributed by atoms with E-state index in [0.717, 1.165) is 24.0 Å². The zero-order valence-electron chi connectivity index (χ0n) is 21.6. The molecule has 1 aliphatic carbocycles. The van der Waals surface area contributed by atoms with Crippen LogP contribution in [0.2, 0.25) is 10.0 Å². The van der Waals surface area contributed by atoms with E-state index in [2.05, 4.69) is 4.72 Å². The first-order valence-electron chi connectivity index (χ1n) is 13.0. The average molecular weight is 582 g/mol. The Morgan fingerprint density at radius 2 is 1.79 bits per heavy atom. The molecule has 4 atom stereocenters. The lowest BCUT2D eigenvalue weighted by Gasteiger charge is -2.53. The number of carboxylic acids is 1. The van der Waals surface area contributed by atoms with Crippen molar-refractivity contribution < 1.29 is 23.1 Å². The molecule has 38 heavy (non-hydrogen) atoms. The molecule has 10 heteroatoms. The van der Waals surface area contributed by atoms with Gasteiger partial charge < -0.3 is 10.0 Å². The van der Waals surface area contributed by atoms with Gasteiger partial charge in [-0.1, -0.05) is 54.4 Å². The molecule has 7 nitrogen and oxygen atoms in total. The fraction of sp³-hybridized carbons (Fsp3) is 0.500. The number of rotatable bonds is 11. The van der Waals surface area contributed by atoms with Crippen molar-refractivity contribution in [1.29, 1.82) is 0 Å². The van der Waals surface area contributed by atoms with Crippen molar-refractivity contribution in [1.82, 2.24) is 9.62 Å². The second kappa shape index (κ2) is 11.5. The number of halogens is 2. The number of likely N-dealkylation sites (tertiary alicyclic amines) is 1. The second-order valence-electron chi connectivity index (χ2n) is 10.4. The summed E-state index contributed by atoms with van der Waals surface area (Å²) in [6, 6.07) is 13.9. The lowest BCUT2D eigenvalue weighted by atomic mass is 9.64. The normalized spacial score (nSPS) is 24.8. The topological polar surface area (TPSA) is 104 Å². The van der Waals surface area contributed by atoms with Gasteiger partial charge >= 0.3 is 5.97 Å². The van der Waals surface area contributed by atoms with Crippen LogP contribution in [-0.4, -0.2) is 48.6 Å². The number of nitrogens with one attached hydrogen (secondary N) is 1. The largest absolute Gasteiger partial charge is 0.481 e. The van der Waals surface area contributed by atoms with Crippen molar-refractivity contribution in [3.8, 4) is 0 Å². The first-order chi connectivity index (χ1) is 18.0. The second-order valence-corrected chi connectivity index (χ2v) is 13.4. The third-order valence-corrected chi connectivity index (χ3v) is 9.90. The monoisotopic (exact) mass is 580 g/mol. The Morgan fingerprint density at radius 1 is 1.11 bits per heavy atom. The maximum atomic E-state index is 14.5. The molecule has 1 aliphatic heterocycles. The van der Waals surface area contributed by atoms with Crippen molar-refractivity contribution in [2.45, 2.75) is 64.0 Å². The van der Waals surface area contributed by atoms with Gasteiger partial charge in [0.05, 0.1) is 23.6 Å². The van der Waals surface area contributed by atoms with Crippen molar-refractivity contribution in [2.24, 2.45) is 11.3 Å². The number of amides is 1. The molecule has 0 aromatic heterocycles. The highest BCUT2D eigenvalue weighted by atomic mass is 35.5. The van der Waals surface area contributed by atoms with Gasteiger partial charge in [0.25, 0.3) is 0 Å². The fourth-order valence-electron chi connectivity index (χ4n) is 5.81. The van der Waals surface area contributed by atoms with Gasteiger partial charge in [-0.05, 0) is 73.9 Å². The lowest BCUT2D eigenvalue weighted by Crippen LogP contribution is -2.59. The van der Waals surface area contributed by atoms with Crippen molar-refractivity contribution in [2.75, 3.05) is 12.3 Å². The van der Waals surface area contributed by atoms with Crippen LogP contribution in [-0.2, 0) is 19.6 Å². The van der Waals surface area contributed by atoms with Crippen LogP contribution in [0.1, 0.15) is 69.0 Å². The maximum absolute atomic E-state index is 14.5. The van der Waals surface area contributed by atoms with Crippen LogP contribution in [0.4, 0.5) is 0 Å². The molecule has 2 aromatic carbocycles. The van der Waals surface area contributed by atoms with Crippen LogP contribution in [0.5, 0.6) is 0 Å². The molecular formula is C28H34Cl2N2O5S. The number of hydrogen-bond donors (Lipinski definition) is 2. The number of carbonyl (C=O) groups excluding carboxylic acids is 1. The van der Waals surface area contributed by atoms with Gasteiger partial charge in [0.2, 0.25) is 15.9 Å². The molecule has 0 spiro atoms. The third kappa shape index (κ3) is 6.19. The predicted octanol–water partition coefficient (Wildman–Crippen LogP) is 5.64. The van der Waals surface area contributed by atoms with Crippen LogP contribution in [0.15, 0.2) is 48.5 Å². The Balaban J connectivity index is 1.91. The Hall–Kier alpha value is -2.13. The highest BCUT2D eigenvalue weighted by molar-refractivity contribution is 7.89. The molecule has 2 fully saturated rings. The van der Waals surface area contributed by atoms with E-state index in [-0.39, 0.29) is 36.5 Å². The quantitative estimate of drug-likeness (QED) is 0.358. The minimum Gasteiger partial charge on any atom is -0.481 e. The molecule has 0 bridgehead atoms. The number of hydrogen-bond acceptors (Lipinski definition) is 4. The molecule has 1 amide bonds. The summed E-state index contributed by atoms with van der Waals surface area (Å²) in [7, 11) is -3.51. The van der Waals surface area contributed by atoms with Crippen molar-refractivity contribution in [3.05, 3.63) is 69.7 Å². The van der Waals surface area contributed by atoms with Gasteiger partial charge in [-0.3, -0.25) is 9.59 Å². The number of piperidine rings is 1. The molecule has 2 aliphatic rings. The smallest absolute Gasteiger partial charge is 0.304 e. The summed E-state index contributed by atoms with van der Waals surface area (Å²) < 4.78 is 27.6. The number of sulfonamides is 1. The molecule has 2 N–H and O–H groups in total. The van der Waals surface area contributed by atoms with Crippen LogP contribution in [0.25, 0.3) is 0 Å². The minimum atomic E-state index is -3.51. The molecule has 2 aromatic rings. The number of carboxylic acid groups (broad SMARTS) is 1. The molecule has 1 saturated heterocycles. The molecule has 206 valence electrons. The van der Waals surface area contributed by atoms with Gasteiger partial charge in [0.1, 0.15) is 0 Å². The highest BCUT2D eigenvalue weighted by Gasteiger charge is 2.55. The summed E-state index contributed by atoms with van der Waals surface area (Å²) in [5.74, 6) is -1.50. The van der Waals surface area contributed by atoms with Gasteiger partial charge in [-0.25, -0.2) is 13.1 Å². The van der Waals surface area contributed by atoms with E-state index < -0.39 is 33.5 Å². The summed E-state index contributed by atoms with van der Waals surface area (Å²) in [6.45, 7) is 3.50. The summed E-state index contributed by atoms with van der Waals surface area (Å²) >= 11 is 12.6. The molecular weight excluding hydrogens is 547 g/mol. The SMILES string of the molecule is CC[C@]1(CC(=O)O)C[C@H](c2cccc(Cl)c2)C(c2ccc(Cl)cc2)N([C@H](CNS(=O)(=O)CC)C2CC2)C1=O. The molecule has 1 unspecified atom stereocenters. The Bertz CT molecular complexity index is 1280. The number of benzene rings is 2. The molecule has 1 heterocycles. The Morgan fingerprint density at radius 3 is 2.34 bits per heavy atom. The Labute approximate surface area is 234 Å². The molecule has 4 rings (SSSR count). The van der Waals surface area contributed by atoms with Crippen LogP contribution in [0, 0.1) is 11.3 Å². The van der Waals surface area contributed by atoms with Gasteiger partial charge in [0, 0.05) is 28.5 Å². The van der Waals surface area contributed by atoms with Gasteiger partial charge in [-0.2, -0.15) is 0 Å². The maximum Gasteiger partial charge on any atom is 0.304 e. The first-order valence-corrected chi connectivity index (χ1v) is 15.4. The van der Waals surface area contributed by atoms with E-state index in [1.165, 1.54) is 0 Å². The van der Waals surface area contributed by atoms with Crippen LogP contribution >= 0.6 is 23.2 Å². The summed E-state index contributed by atoms with van der Waals surface area (Å²) in [6.07, 6.45) is 2.11. The van der Waals surface area contributed by atoms with E-state index in [9.17, 15) is 23.1 Å². The van der Waals surface area contributed by atoms with E-state index in [4.69, 9.17) is 23.2 Å². The number of nitrogens with zero attached hydrogens (tertiary/aromatic N) is 1. The summed E-state index contributed by atoms with van der Waals surface area (Å²) in [4.78, 5) is 28.4. The molecule has 0 radical (unpaired) electrons. The standard InChI is InChI=1S/C28H34Cl2N2O5S/c1-3-28(16-25(33)34)15-23(20-6-5-7-22(30)14-20)26(19-10-12-21(29)13-11-19)32(27(28)35)24(18-8-9-18)17-31-38(36,37)4-2/h5-7,10-14,18,23-24,26,31H,3-4,8-9,15-17H2,1-2H3,(H,33,34)/t23-,24-,26?,28-/m1/s1. The zero-order valence-corrected chi connectivity index (χ0v) is 23.9. The molecule has 1 saturated carbocycles. The predicted molar refractivity (Wildman–Crippen MR) is 149 cm³/mol. The minimum absolute atomic E-state index is 0.0675. The number of carbonyl (C=O) groups is 2. The average Bonchev–Trinajstić information content (AvgIpc) is 3.72. The van der Waals surface area contributed by atoms with Crippen molar-refractivity contribution >= 4 is 45.1 Å². The zero-order chi connectivity index (χ0) is 27.7. The third-order valence-electron chi connectivity index (χ3n) is 8.05. The van der Waals surface area contributed by atoms with E-state index in [0.29, 0.717) is 22.9 Å². The van der Waals surface area contributed by atoms with Gasteiger partial charge in [-0.15, -0.1) is 0 Å². The fourth-order valence-corrected chi connectivity index (χ4v) is 6.76. The first kappa shape index (κ1) is 28.9. The van der Waals surface area contributed by atoms with Crippen LogP contribution in [0.3, 0.4) is 0 Å².